The summed E-state index contributed by atoms with van der Waals surface area (Å²) < 4.78 is 5.46. The molecule has 1 aromatic rings. The molecule has 5 heteroatoms. The minimum atomic E-state index is -0.435. The van der Waals surface area contributed by atoms with Gasteiger partial charge in [-0.2, -0.15) is 0 Å². The van der Waals surface area contributed by atoms with E-state index in [1.807, 2.05) is 50.9 Å². The van der Waals surface area contributed by atoms with Crippen LogP contribution in [0.25, 0.3) is 0 Å². The minimum absolute atomic E-state index is 0.200. The number of aryl methyl sites for hydroxylation is 1. The number of pyridine rings is 1. The summed E-state index contributed by atoms with van der Waals surface area (Å²) in [6.45, 7) is 10.1. The normalized spacial score (nSPS) is 18.9. The number of aromatic nitrogens is 1. The molecule has 1 aliphatic heterocycles. The van der Waals surface area contributed by atoms with Crippen LogP contribution in [0, 0.1) is 12.8 Å². The molecule has 1 saturated heterocycles. The van der Waals surface area contributed by atoms with E-state index in [1.165, 1.54) is 0 Å². The molecule has 1 amide bonds. The third-order valence-corrected chi connectivity index (χ3v) is 3.68. The average Bonchev–Trinajstić information content (AvgIpc) is 2.45. The van der Waals surface area contributed by atoms with Crippen LogP contribution in [0.1, 0.15) is 39.3 Å². The molecule has 1 atom stereocenters. The fourth-order valence-electron chi connectivity index (χ4n) is 2.56. The van der Waals surface area contributed by atoms with Gasteiger partial charge in [0, 0.05) is 25.3 Å². The van der Waals surface area contributed by atoms with E-state index in [0.29, 0.717) is 5.92 Å². The summed E-state index contributed by atoms with van der Waals surface area (Å²) in [5.41, 5.74) is 1.61. The van der Waals surface area contributed by atoms with Crippen LogP contribution in [0.5, 0.6) is 0 Å². The number of amides is 1. The number of nitrogens with zero attached hydrogens (tertiary/aromatic N) is 2. The van der Waals surface area contributed by atoms with Crippen molar-refractivity contribution >= 4 is 11.8 Å². The molecule has 0 radical (unpaired) electrons. The molecule has 122 valence electrons. The highest BCUT2D eigenvalue weighted by molar-refractivity contribution is 5.68. The molecule has 0 spiro atoms. The van der Waals surface area contributed by atoms with Gasteiger partial charge in [0.1, 0.15) is 5.60 Å². The summed E-state index contributed by atoms with van der Waals surface area (Å²) in [6, 6.07) is 4.03. The number of hydrogen-bond donors (Lipinski definition) is 1. The van der Waals surface area contributed by atoms with Gasteiger partial charge >= 0.3 is 6.09 Å². The van der Waals surface area contributed by atoms with Gasteiger partial charge in [-0.05, 0) is 58.6 Å². The molecule has 0 aliphatic carbocycles. The third kappa shape index (κ3) is 5.20. The Hall–Kier alpha value is -1.78. The molecule has 2 rings (SSSR count). The zero-order valence-corrected chi connectivity index (χ0v) is 14.1. The number of carbonyl (C=O) groups is 1. The second-order valence-electron chi connectivity index (χ2n) is 7.00. The Kier molecular flexibility index (Phi) is 5.27. The van der Waals surface area contributed by atoms with Crippen molar-refractivity contribution in [1.29, 1.82) is 0 Å². The van der Waals surface area contributed by atoms with Crippen LogP contribution in [0.4, 0.5) is 10.5 Å². The van der Waals surface area contributed by atoms with Crippen molar-refractivity contribution in [2.45, 2.75) is 46.1 Å². The Morgan fingerprint density at radius 1 is 1.45 bits per heavy atom. The van der Waals surface area contributed by atoms with E-state index < -0.39 is 5.60 Å². The summed E-state index contributed by atoms with van der Waals surface area (Å²) in [6.07, 6.45) is 3.81. The lowest BCUT2D eigenvalue weighted by atomic mass is 9.98. The zero-order chi connectivity index (χ0) is 16.2. The van der Waals surface area contributed by atoms with Gasteiger partial charge in [-0.1, -0.05) is 0 Å². The molecule has 2 heterocycles. The van der Waals surface area contributed by atoms with E-state index in [-0.39, 0.29) is 6.09 Å². The molecule has 0 saturated carbocycles. The van der Waals surface area contributed by atoms with Crippen molar-refractivity contribution < 1.29 is 9.53 Å². The molecule has 22 heavy (non-hydrogen) atoms. The highest BCUT2D eigenvalue weighted by atomic mass is 16.6. The fraction of sp³-hybridized carbons (Fsp3) is 0.647. The topological polar surface area (TPSA) is 54.5 Å². The molecule has 5 nitrogen and oxygen atoms in total. The molecule has 1 N–H and O–H groups in total. The molecule has 0 aromatic carbocycles. The Labute approximate surface area is 133 Å². The highest BCUT2D eigenvalue weighted by Crippen LogP contribution is 2.20. The lowest BCUT2D eigenvalue weighted by Gasteiger charge is -2.34. The van der Waals surface area contributed by atoms with Crippen molar-refractivity contribution in [2.75, 3.05) is 25.0 Å². The van der Waals surface area contributed by atoms with E-state index in [9.17, 15) is 4.79 Å². The van der Waals surface area contributed by atoms with Gasteiger partial charge in [0.15, 0.2) is 0 Å². The average molecular weight is 305 g/mol. The lowest BCUT2D eigenvalue weighted by molar-refractivity contribution is 0.0172. The Morgan fingerprint density at radius 2 is 2.23 bits per heavy atom. The second kappa shape index (κ2) is 6.99. The van der Waals surface area contributed by atoms with Crippen LogP contribution in [0.2, 0.25) is 0 Å². The Bertz CT molecular complexity index is 494. The molecular formula is C17H27N3O2. The van der Waals surface area contributed by atoms with Crippen molar-refractivity contribution in [1.82, 2.24) is 9.88 Å². The number of rotatable bonds is 3. The molecule has 1 aromatic heterocycles. The zero-order valence-electron chi connectivity index (χ0n) is 14.1. The fourth-order valence-corrected chi connectivity index (χ4v) is 2.56. The van der Waals surface area contributed by atoms with Gasteiger partial charge in [-0.25, -0.2) is 4.79 Å². The first-order valence-electron chi connectivity index (χ1n) is 7.98. The van der Waals surface area contributed by atoms with E-state index in [2.05, 4.69) is 10.3 Å². The number of ether oxygens (including phenoxy) is 1. The van der Waals surface area contributed by atoms with Gasteiger partial charge in [0.2, 0.25) is 0 Å². The van der Waals surface area contributed by atoms with Crippen LogP contribution in [-0.2, 0) is 4.74 Å². The van der Waals surface area contributed by atoms with Crippen LogP contribution >= 0.6 is 0 Å². The molecule has 1 aliphatic rings. The molecule has 1 fully saturated rings. The number of carbonyl (C=O) groups excluding carboxylic acids is 1. The van der Waals surface area contributed by atoms with Crippen molar-refractivity contribution in [2.24, 2.45) is 5.92 Å². The maximum atomic E-state index is 12.1. The number of likely N-dealkylation sites (tertiary alicyclic amines) is 1. The lowest BCUT2D eigenvalue weighted by Crippen LogP contribution is -2.44. The summed E-state index contributed by atoms with van der Waals surface area (Å²) in [7, 11) is 0. The number of anilines is 1. The maximum absolute atomic E-state index is 12.1. The Morgan fingerprint density at radius 3 is 2.86 bits per heavy atom. The third-order valence-electron chi connectivity index (χ3n) is 3.68. The standard InChI is InChI=1S/C17H27N3O2/c1-13-7-8-15(11-18-13)19-10-14-6-5-9-20(12-14)16(21)22-17(2,3)4/h7-8,11,14,19H,5-6,9-10,12H2,1-4H3. The van der Waals surface area contributed by atoms with Gasteiger partial charge < -0.3 is 15.0 Å². The smallest absolute Gasteiger partial charge is 0.410 e. The number of piperidine rings is 1. The van der Waals surface area contributed by atoms with E-state index in [0.717, 1.165) is 43.9 Å². The van der Waals surface area contributed by atoms with E-state index >= 15 is 0 Å². The summed E-state index contributed by atoms with van der Waals surface area (Å²) in [5, 5.41) is 3.41. The van der Waals surface area contributed by atoms with Gasteiger partial charge in [0.05, 0.1) is 11.9 Å². The summed E-state index contributed by atoms with van der Waals surface area (Å²) in [5.74, 6) is 0.447. The van der Waals surface area contributed by atoms with Crippen molar-refractivity contribution in [3.8, 4) is 0 Å². The monoisotopic (exact) mass is 305 g/mol. The van der Waals surface area contributed by atoms with Gasteiger partial charge in [-0.3, -0.25) is 4.98 Å². The van der Waals surface area contributed by atoms with Crippen LogP contribution in [0.15, 0.2) is 18.3 Å². The minimum Gasteiger partial charge on any atom is -0.444 e. The molecule has 1 unspecified atom stereocenters. The SMILES string of the molecule is Cc1ccc(NCC2CCCN(C(=O)OC(C)(C)C)C2)cn1. The van der Waals surface area contributed by atoms with Gasteiger partial charge in [-0.15, -0.1) is 0 Å². The second-order valence-corrected chi connectivity index (χ2v) is 7.00. The first kappa shape index (κ1) is 16.6. The summed E-state index contributed by atoms with van der Waals surface area (Å²) in [4.78, 5) is 18.3. The van der Waals surface area contributed by atoms with E-state index in [4.69, 9.17) is 4.74 Å². The Balaban J connectivity index is 1.82. The van der Waals surface area contributed by atoms with E-state index in [1.54, 1.807) is 0 Å². The number of hydrogen-bond acceptors (Lipinski definition) is 4. The highest BCUT2D eigenvalue weighted by Gasteiger charge is 2.27. The first-order valence-corrected chi connectivity index (χ1v) is 7.98. The van der Waals surface area contributed by atoms with Crippen LogP contribution < -0.4 is 5.32 Å². The predicted molar refractivity (Wildman–Crippen MR) is 88.0 cm³/mol. The van der Waals surface area contributed by atoms with Gasteiger partial charge in [0.25, 0.3) is 0 Å². The first-order chi connectivity index (χ1) is 10.3. The maximum Gasteiger partial charge on any atom is 0.410 e. The summed E-state index contributed by atoms with van der Waals surface area (Å²) >= 11 is 0. The quantitative estimate of drug-likeness (QED) is 0.929. The van der Waals surface area contributed by atoms with Crippen molar-refractivity contribution in [3.63, 3.8) is 0 Å². The molecular weight excluding hydrogens is 278 g/mol. The molecule has 0 bridgehead atoms. The van der Waals surface area contributed by atoms with Crippen molar-refractivity contribution in [3.05, 3.63) is 24.0 Å². The predicted octanol–water partition coefficient (Wildman–Crippen LogP) is 3.45. The number of nitrogens with one attached hydrogen (secondary N) is 1. The largest absolute Gasteiger partial charge is 0.444 e. The van der Waals surface area contributed by atoms with Crippen LogP contribution in [0.3, 0.4) is 0 Å². The van der Waals surface area contributed by atoms with Crippen LogP contribution in [-0.4, -0.2) is 41.2 Å².